The maximum Gasteiger partial charge on any atom is 0.411 e. The summed E-state index contributed by atoms with van der Waals surface area (Å²) >= 11 is 0. The first-order chi connectivity index (χ1) is 11.4. The minimum atomic E-state index is -0.972. The zero-order valence-electron chi connectivity index (χ0n) is 14.2. The fraction of sp³-hybridized carbons (Fsp3) is 0.500. The highest BCUT2D eigenvalue weighted by molar-refractivity contribution is 5.86. The van der Waals surface area contributed by atoms with Crippen molar-refractivity contribution in [1.82, 2.24) is 0 Å². The molecule has 0 heterocycles. The van der Waals surface area contributed by atoms with E-state index in [0.717, 1.165) is 18.4 Å². The second-order valence-electron chi connectivity index (χ2n) is 5.75. The summed E-state index contributed by atoms with van der Waals surface area (Å²) in [5, 5.41) is 11.5. The average molecular weight is 335 g/mol. The fourth-order valence-electron chi connectivity index (χ4n) is 2.12. The number of Topliss-reactive ketones (excluding diaryl/α,β-unsaturated/α-hetero) is 1. The van der Waals surface area contributed by atoms with Gasteiger partial charge in [-0.25, -0.2) is 4.79 Å². The van der Waals surface area contributed by atoms with Gasteiger partial charge in [-0.3, -0.25) is 14.9 Å². The Labute approximate surface area is 142 Å². The summed E-state index contributed by atoms with van der Waals surface area (Å²) in [5.74, 6) is -1.76. The van der Waals surface area contributed by atoms with E-state index in [0.29, 0.717) is 18.7 Å². The van der Waals surface area contributed by atoms with Crippen LogP contribution in [-0.4, -0.2) is 29.6 Å². The lowest BCUT2D eigenvalue weighted by Crippen LogP contribution is -2.16. The van der Waals surface area contributed by atoms with E-state index in [2.05, 4.69) is 5.32 Å². The molecule has 0 aliphatic carbocycles. The summed E-state index contributed by atoms with van der Waals surface area (Å²) in [5.41, 5.74) is 1.43. The van der Waals surface area contributed by atoms with Crippen molar-refractivity contribution in [2.45, 2.75) is 46.0 Å². The van der Waals surface area contributed by atoms with Crippen LogP contribution in [0, 0.1) is 5.92 Å². The molecule has 0 aromatic heterocycles. The molecule has 0 radical (unpaired) electrons. The van der Waals surface area contributed by atoms with Crippen LogP contribution in [0.3, 0.4) is 0 Å². The van der Waals surface area contributed by atoms with Crippen molar-refractivity contribution in [3.8, 4) is 0 Å². The third kappa shape index (κ3) is 7.26. The van der Waals surface area contributed by atoms with Crippen molar-refractivity contribution >= 4 is 23.5 Å². The average Bonchev–Trinajstić information content (AvgIpc) is 2.54. The monoisotopic (exact) mass is 335 g/mol. The minimum absolute atomic E-state index is 0.0178. The van der Waals surface area contributed by atoms with Crippen LogP contribution in [0.2, 0.25) is 0 Å². The highest BCUT2D eigenvalue weighted by Gasteiger charge is 2.16. The van der Waals surface area contributed by atoms with Crippen molar-refractivity contribution in [3.63, 3.8) is 0 Å². The van der Waals surface area contributed by atoms with Crippen LogP contribution < -0.4 is 5.32 Å². The van der Waals surface area contributed by atoms with E-state index in [9.17, 15) is 14.4 Å². The number of hydrogen-bond acceptors (Lipinski definition) is 4. The molecule has 24 heavy (non-hydrogen) atoms. The molecule has 1 rings (SSSR count). The number of benzene rings is 1. The molecule has 0 unspecified atom stereocenters. The fourth-order valence-corrected chi connectivity index (χ4v) is 2.12. The molecule has 1 amide bonds. The van der Waals surface area contributed by atoms with Gasteiger partial charge in [0.25, 0.3) is 0 Å². The number of amides is 1. The summed E-state index contributed by atoms with van der Waals surface area (Å²) in [6, 6.07) is 7.20. The number of para-hydroxylation sites is 1. The number of anilines is 1. The van der Waals surface area contributed by atoms with Gasteiger partial charge in [0.2, 0.25) is 0 Å². The molecule has 1 aromatic rings. The Morgan fingerprint density at radius 2 is 1.96 bits per heavy atom. The van der Waals surface area contributed by atoms with Crippen LogP contribution in [0.1, 0.15) is 45.1 Å². The lowest BCUT2D eigenvalue weighted by molar-refractivity contribution is -0.143. The maximum absolute atomic E-state index is 11.9. The number of unbranched alkanes of at least 4 members (excludes halogenated alkanes) is 1. The number of ketones is 1. The Bertz CT molecular complexity index is 570. The largest absolute Gasteiger partial charge is 0.481 e. The van der Waals surface area contributed by atoms with Gasteiger partial charge in [-0.1, -0.05) is 38.5 Å². The molecule has 0 aliphatic rings. The maximum atomic E-state index is 11.9. The minimum Gasteiger partial charge on any atom is -0.481 e. The zero-order valence-corrected chi connectivity index (χ0v) is 14.2. The van der Waals surface area contributed by atoms with E-state index >= 15 is 0 Å². The Morgan fingerprint density at radius 3 is 2.62 bits per heavy atom. The van der Waals surface area contributed by atoms with Crippen LogP contribution in [0.15, 0.2) is 24.3 Å². The van der Waals surface area contributed by atoms with E-state index < -0.39 is 18.0 Å². The number of aryl methyl sites for hydroxylation is 1. The Balaban J connectivity index is 2.55. The van der Waals surface area contributed by atoms with Gasteiger partial charge in [0.1, 0.15) is 5.78 Å². The third-order valence-electron chi connectivity index (χ3n) is 3.61. The van der Waals surface area contributed by atoms with Gasteiger partial charge in [-0.15, -0.1) is 0 Å². The van der Waals surface area contributed by atoms with E-state index in [1.807, 2.05) is 19.1 Å². The molecule has 0 bridgehead atoms. The van der Waals surface area contributed by atoms with Crippen LogP contribution in [0.25, 0.3) is 0 Å². The van der Waals surface area contributed by atoms with Gasteiger partial charge in [0.05, 0.1) is 12.5 Å². The summed E-state index contributed by atoms with van der Waals surface area (Å²) in [6.07, 6.45) is 1.94. The van der Waals surface area contributed by atoms with Crippen molar-refractivity contribution in [2.75, 3.05) is 11.9 Å². The summed E-state index contributed by atoms with van der Waals surface area (Å²) < 4.78 is 5.06. The van der Waals surface area contributed by atoms with Gasteiger partial charge in [-0.05, 0) is 24.5 Å². The van der Waals surface area contributed by atoms with Gasteiger partial charge in [0.15, 0.2) is 0 Å². The Morgan fingerprint density at radius 1 is 1.25 bits per heavy atom. The van der Waals surface area contributed by atoms with Crippen LogP contribution in [-0.2, 0) is 20.7 Å². The van der Waals surface area contributed by atoms with Gasteiger partial charge >= 0.3 is 12.1 Å². The smallest absolute Gasteiger partial charge is 0.411 e. The molecule has 0 spiro atoms. The number of carbonyl (C=O) groups excluding carboxylic acids is 2. The molecule has 132 valence electrons. The van der Waals surface area contributed by atoms with E-state index in [1.54, 1.807) is 12.1 Å². The quantitative estimate of drug-likeness (QED) is 0.637. The molecule has 6 nitrogen and oxygen atoms in total. The molecule has 0 saturated heterocycles. The third-order valence-corrected chi connectivity index (χ3v) is 3.61. The molecular weight excluding hydrogens is 310 g/mol. The first kappa shape index (κ1) is 19.7. The Kier molecular flexibility index (Phi) is 8.54. The lowest BCUT2D eigenvalue weighted by atomic mass is 9.99. The van der Waals surface area contributed by atoms with E-state index in [-0.39, 0.29) is 18.6 Å². The first-order valence-electron chi connectivity index (χ1n) is 8.20. The number of carbonyl (C=O) groups is 3. The van der Waals surface area contributed by atoms with Gasteiger partial charge in [-0.2, -0.15) is 0 Å². The molecule has 0 aliphatic heterocycles. The van der Waals surface area contributed by atoms with Crippen LogP contribution in [0.4, 0.5) is 10.5 Å². The van der Waals surface area contributed by atoms with Crippen molar-refractivity contribution in [2.24, 2.45) is 5.92 Å². The van der Waals surface area contributed by atoms with Crippen molar-refractivity contribution in [1.29, 1.82) is 0 Å². The van der Waals surface area contributed by atoms with Gasteiger partial charge < -0.3 is 9.84 Å². The van der Waals surface area contributed by atoms with Gasteiger partial charge in [0, 0.05) is 18.5 Å². The molecule has 0 saturated carbocycles. The number of carboxylic acid groups (broad SMARTS) is 1. The number of rotatable bonds is 10. The summed E-state index contributed by atoms with van der Waals surface area (Å²) in [6.45, 7) is 3.90. The molecule has 2 N–H and O–H groups in total. The van der Waals surface area contributed by atoms with Crippen molar-refractivity contribution < 1.29 is 24.2 Å². The number of hydrogen-bond donors (Lipinski definition) is 2. The second-order valence-corrected chi connectivity index (χ2v) is 5.75. The second kappa shape index (κ2) is 10.4. The SMILES string of the molecule is CCCCOC(=O)Nc1ccccc1CCC(=O)C[C@@H](C)C(=O)O. The normalized spacial score (nSPS) is 11.6. The number of aliphatic carboxylic acids is 1. The number of ether oxygens (including phenoxy) is 1. The van der Waals surface area contributed by atoms with E-state index in [4.69, 9.17) is 9.84 Å². The lowest BCUT2D eigenvalue weighted by Gasteiger charge is -2.11. The predicted molar refractivity (Wildman–Crippen MR) is 91.1 cm³/mol. The van der Waals surface area contributed by atoms with Crippen LogP contribution >= 0.6 is 0 Å². The molecule has 1 atom stereocenters. The highest BCUT2D eigenvalue weighted by atomic mass is 16.5. The zero-order chi connectivity index (χ0) is 17.9. The standard InChI is InChI=1S/C18H25NO5/c1-3-4-11-24-18(23)19-16-8-6-5-7-14(16)9-10-15(20)12-13(2)17(21)22/h5-8,13H,3-4,9-12H2,1-2H3,(H,19,23)(H,21,22)/t13-/m1/s1. The number of nitrogens with one attached hydrogen (secondary N) is 1. The number of carboxylic acids is 1. The molecule has 0 fully saturated rings. The Hall–Kier alpha value is -2.37. The van der Waals surface area contributed by atoms with Crippen LogP contribution in [0.5, 0.6) is 0 Å². The molecular formula is C18H25NO5. The summed E-state index contributed by atoms with van der Waals surface area (Å²) in [7, 11) is 0. The predicted octanol–water partition coefficient (Wildman–Crippen LogP) is 3.65. The van der Waals surface area contributed by atoms with Crippen molar-refractivity contribution in [3.05, 3.63) is 29.8 Å². The first-order valence-corrected chi connectivity index (χ1v) is 8.20. The topological polar surface area (TPSA) is 92.7 Å². The summed E-state index contributed by atoms with van der Waals surface area (Å²) in [4.78, 5) is 34.4. The highest BCUT2D eigenvalue weighted by Crippen LogP contribution is 2.18. The van der Waals surface area contributed by atoms with E-state index in [1.165, 1.54) is 6.92 Å². The molecule has 6 heteroatoms. The molecule has 1 aromatic carbocycles.